The number of benzene rings is 2. The average molecular weight is 547 g/mol. The van der Waals surface area contributed by atoms with Crippen LogP contribution in [0.2, 0.25) is 0 Å². The lowest BCUT2D eigenvalue weighted by Crippen LogP contribution is -2.25. The summed E-state index contributed by atoms with van der Waals surface area (Å²) in [4.78, 5) is 0. The van der Waals surface area contributed by atoms with E-state index in [1.54, 1.807) is 6.07 Å². The number of alkyl halides is 3. The third kappa shape index (κ3) is 6.86. The molecule has 0 bridgehead atoms. The van der Waals surface area contributed by atoms with Crippen LogP contribution in [-0.4, -0.2) is 6.36 Å². The van der Waals surface area contributed by atoms with Gasteiger partial charge in [-0.25, -0.2) is 8.78 Å². The highest BCUT2D eigenvalue weighted by molar-refractivity contribution is 5.33. The van der Waals surface area contributed by atoms with Crippen LogP contribution in [0.15, 0.2) is 49.1 Å². The number of hydrogen-bond donors (Lipinski definition) is 0. The Morgan fingerprint density at radius 1 is 0.641 bits per heavy atom. The molecule has 0 aromatic heterocycles. The minimum absolute atomic E-state index is 0.0417. The molecule has 0 aliphatic heterocycles. The molecule has 0 N–H and O–H groups in total. The predicted molar refractivity (Wildman–Crippen MR) is 144 cm³/mol. The van der Waals surface area contributed by atoms with Crippen LogP contribution in [0.3, 0.4) is 0 Å². The van der Waals surface area contributed by atoms with Gasteiger partial charge in [-0.15, -0.1) is 19.8 Å². The summed E-state index contributed by atoms with van der Waals surface area (Å²) >= 11 is 0. The van der Waals surface area contributed by atoms with Crippen molar-refractivity contribution in [3.8, 4) is 5.75 Å². The van der Waals surface area contributed by atoms with E-state index in [1.807, 2.05) is 6.07 Å². The van der Waals surface area contributed by atoms with Gasteiger partial charge in [0.2, 0.25) is 0 Å². The lowest BCUT2D eigenvalue weighted by molar-refractivity contribution is -0.275. The van der Waals surface area contributed by atoms with E-state index in [0.717, 1.165) is 73.6 Å². The quantitative estimate of drug-likeness (QED) is 0.259. The van der Waals surface area contributed by atoms with E-state index >= 15 is 4.39 Å². The van der Waals surface area contributed by atoms with E-state index in [2.05, 4.69) is 23.5 Å². The zero-order valence-corrected chi connectivity index (χ0v) is 22.5. The number of halogens is 5. The maximum atomic E-state index is 15.3. The number of allylic oxidation sites excluding steroid dienone is 1. The first kappa shape index (κ1) is 28.2. The second kappa shape index (κ2) is 12.0. The fourth-order valence-electron chi connectivity index (χ4n) is 7.62. The summed E-state index contributed by atoms with van der Waals surface area (Å²) in [5.41, 5.74) is 2.54. The third-order valence-electron chi connectivity index (χ3n) is 9.90. The monoisotopic (exact) mass is 546 g/mol. The molecular formula is C33H39F5O. The van der Waals surface area contributed by atoms with Gasteiger partial charge in [0.1, 0.15) is 5.82 Å². The van der Waals surface area contributed by atoms with Crippen molar-refractivity contribution in [2.24, 2.45) is 17.8 Å². The molecular weight excluding hydrogens is 507 g/mol. The molecule has 0 amide bonds. The summed E-state index contributed by atoms with van der Waals surface area (Å²) in [5, 5.41) is 0. The zero-order chi connectivity index (χ0) is 27.6. The second-order valence-corrected chi connectivity index (χ2v) is 12.1. The van der Waals surface area contributed by atoms with E-state index in [1.165, 1.54) is 44.6 Å². The van der Waals surface area contributed by atoms with Gasteiger partial charge in [0.05, 0.1) is 0 Å². The lowest BCUT2D eigenvalue weighted by Gasteiger charge is -2.37. The van der Waals surface area contributed by atoms with Gasteiger partial charge in [-0.2, -0.15) is 0 Å². The molecule has 2 aromatic rings. The molecule has 0 heterocycles. The first-order valence-corrected chi connectivity index (χ1v) is 14.7. The summed E-state index contributed by atoms with van der Waals surface area (Å²) in [6.45, 7) is 3.96. The van der Waals surface area contributed by atoms with Crippen LogP contribution in [0, 0.1) is 29.4 Å². The molecule has 0 radical (unpaired) electrons. The summed E-state index contributed by atoms with van der Waals surface area (Å²) in [6, 6.07) is 9.55. The fraction of sp³-hybridized carbons (Fsp3) is 0.576. The summed E-state index contributed by atoms with van der Waals surface area (Å²) in [5.74, 6) is 0.991. The standard InChI is InChI=1S/C33H39F5O/c1-2-21-3-5-22(6-4-21)23-7-9-24(10-8-23)27-15-17-29(30(34)19-27)26-13-11-25(12-14-26)28-16-18-32(31(35)20-28)39-33(36,37)38/h2,15-26H,1,3-14H2. The Hall–Kier alpha value is -2.37. The number of rotatable bonds is 6. The first-order chi connectivity index (χ1) is 18.7. The van der Waals surface area contributed by atoms with E-state index in [-0.39, 0.29) is 17.7 Å². The predicted octanol–water partition coefficient (Wildman–Crippen LogP) is 10.6. The van der Waals surface area contributed by atoms with Gasteiger partial charge < -0.3 is 4.74 Å². The van der Waals surface area contributed by atoms with Gasteiger partial charge >= 0.3 is 6.36 Å². The van der Waals surface area contributed by atoms with Crippen LogP contribution >= 0.6 is 0 Å². The van der Waals surface area contributed by atoms with Crippen LogP contribution in [0.1, 0.15) is 111 Å². The topological polar surface area (TPSA) is 9.23 Å². The minimum Gasteiger partial charge on any atom is -0.403 e. The molecule has 3 saturated carbocycles. The molecule has 212 valence electrons. The highest BCUT2D eigenvalue weighted by Gasteiger charge is 2.34. The van der Waals surface area contributed by atoms with Gasteiger partial charge in [0.15, 0.2) is 11.6 Å². The molecule has 0 unspecified atom stereocenters. The maximum absolute atomic E-state index is 15.3. The molecule has 1 nitrogen and oxygen atoms in total. The number of hydrogen-bond acceptors (Lipinski definition) is 1. The average Bonchev–Trinajstić information content (AvgIpc) is 2.94. The van der Waals surface area contributed by atoms with Crippen molar-refractivity contribution in [3.63, 3.8) is 0 Å². The zero-order valence-electron chi connectivity index (χ0n) is 22.5. The molecule has 0 atom stereocenters. The van der Waals surface area contributed by atoms with Gasteiger partial charge in [0, 0.05) is 0 Å². The third-order valence-corrected chi connectivity index (χ3v) is 9.90. The Balaban J connectivity index is 1.13. The minimum atomic E-state index is -4.93. The Labute approximate surface area is 228 Å². The molecule has 6 heteroatoms. The molecule has 3 fully saturated rings. The van der Waals surface area contributed by atoms with Crippen molar-refractivity contribution >= 4 is 0 Å². The maximum Gasteiger partial charge on any atom is 0.573 e. The Morgan fingerprint density at radius 2 is 1.13 bits per heavy atom. The lowest BCUT2D eigenvalue weighted by atomic mass is 9.68. The molecule has 0 saturated heterocycles. The summed E-state index contributed by atoms with van der Waals surface area (Å²) in [7, 11) is 0. The summed E-state index contributed by atoms with van der Waals surface area (Å²) < 4.78 is 70.5. The Kier molecular flexibility index (Phi) is 8.68. The smallest absolute Gasteiger partial charge is 0.403 e. The van der Waals surface area contributed by atoms with E-state index in [0.29, 0.717) is 17.4 Å². The molecule has 39 heavy (non-hydrogen) atoms. The van der Waals surface area contributed by atoms with Crippen LogP contribution < -0.4 is 4.74 Å². The van der Waals surface area contributed by atoms with Crippen molar-refractivity contribution in [3.05, 3.63) is 77.4 Å². The van der Waals surface area contributed by atoms with Gasteiger partial charge in [0.25, 0.3) is 0 Å². The highest BCUT2D eigenvalue weighted by Crippen LogP contribution is 2.46. The van der Waals surface area contributed by atoms with Crippen molar-refractivity contribution in [2.45, 2.75) is 101 Å². The normalized spacial score (nSPS) is 30.1. The molecule has 5 rings (SSSR count). The molecule has 0 spiro atoms. The van der Waals surface area contributed by atoms with E-state index < -0.39 is 17.9 Å². The van der Waals surface area contributed by atoms with Crippen LogP contribution in [0.4, 0.5) is 22.0 Å². The van der Waals surface area contributed by atoms with Crippen LogP contribution in [-0.2, 0) is 0 Å². The molecule has 3 aliphatic carbocycles. The number of ether oxygens (including phenoxy) is 1. The SMILES string of the molecule is C=CC1CCC(C2CCC(c3ccc(C4CCC(c5ccc(OC(F)(F)F)c(F)c5)CC4)c(F)c3)CC2)CC1. The van der Waals surface area contributed by atoms with Crippen molar-refractivity contribution in [2.75, 3.05) is 0 Å². The Bertz CT molecular complexity index is 1120. The second-order valence-electron chi connectivity index (χ2n) is 12.1. The largest absolute Gasteiger partial charge is 0.573 e. The van der Waals surface area contributed by atoms with Gasteiger partial charge in [-0.3, -0.25) is 0 Å². The van der Waals surface area contributed by atoms with Gasteiger partial charge in [-0.05, 0) is 147 Å². The van der Waals surface area contributed by atoms with Crippen molar-refractivity contribution in [1.29, 1.82) is 0 Å². The van der Waals surface area contributed by atoms with Gasteiger partial charge in [-0.1, -0.05) is 24.3 Å². The summed E-state index contributed by atoms with van der Waals surface area (Å²) in [6.07, 6.45) is 10.2. The molecule has 2 aromatic carbocycles. The van der Waals surface area contributed by atoms with Crippen LogP contribution in [0.25, 0.3) is 0 Å². The van der Waals surface area contributed by atoms with E-state index in [4.69, 9.17) is 0 Å². The van der Waals surface area contributed by atoms with Crippen LogP contribution in [0.5, 0.6) is 5.75 Å². The van der Waals surface area contributed by atoms with Crippen molar-refractivity contribution in [1.82, 2.24) is 0 Å². The Morgan fingerprint density at radius 3 is 1.64 bits per heavy atom. The fourth-order valence-corrected chi connectivity index (χ4v) is 7.62. The highest BCUT2D eigenvalue weighted by atomic mass is 19.4. The van der Waals surface area contributed by atoms with E-state index in [9.17, 15) is 17.6 Å². The molecule has 3 aliphatic rings. The first-order valence-electron chi connectivity index (χ1n) is 14.7. The van der Waals surface area contributed by atoms with Crippen molar-refractivity contribution < 1.29 is 26.7 Å².